The molecule has 0 aromatic carbocycles. The van der Waals surface area contributed by atoms with Crippen molar-refractivity contribution in [2.45, 2.75) is 18.2 Å². The van der Waals surface area contributed by atoms with Gasteiger partial charge in [0.05, 0.1) is 15.2 Å². The smallest absolute Gasteiger partial charge is 0.345 e. The molecule has 0 amide bonds. The molecule has 2 aromatic rings. The largest absolute Gasteiger partial charge is 0.477 e. The van der Waals surface area contributed by atoms with Crippen molar-refractivity contribution in [2.24, 2.45) is 7.05 Å². The van der Waals surface area contributed by atoms with Crippen molar-refractivity contribution in [2.75, 3.05) is 4.72 Å². The number of nitrogens with one attached hydrogen (secondary N) is 1. The molecule has 2 rings (SSSR count). The number of nitrogens with zero attached hydrogens (tertiary/aromatic N) is 2. The van der Waals surface area contributed by atoms with Crippen LogP contribution in [0.4, 0.5) is 5.69 Å². The van der Waals surface area contributed by atoms with Crippen LogP contribution in [0.5, 0.6) is 0 Å². The van der Waals surface area contributed by atoms with Crippen LogP contribution in [0, 0.1) is 0 Å². The lowest BCUT2D eigenvalue weighted by molar-refractivity contribution is 0.0702. The predicted molar refractivity (Wildman–Crippen MR) is 82.4 cm³/mol. The Morgan fingerprint density at radius 1 is 1.57 bits per heavy atom. The summed E-state index contributed by atoms with van der Waals surface area (Å²) in [5.74, 6) is -1.17. The van der Waals surface area contributed by atoms with Gasteiger partial charge in [-0.15, -0.1) is 11.3 Å². The van der Waals surface area contributed by atoms with Crippen LogP contribution < -0.4 is 4.72 Å². The molecule has 0 radical (unpaired) electrons. The summed E-state index contributed by atoms with van der Waals surface area (Å²) in [5.41, 5.74) is 1.00. The Balaban J connectivity index is 2.40. The molecule has 0 bridgehead atoms. The van der Waals surface area contributed by atoms with Crippen molar-refractivity contribution in [3.05, 3.63) is 26.6 Å². The zero-order valence-corrected chi connectivity index (χ0v) is 14.3. The van der Waals surface area contributed by atoms with Crippen LogP contribution >= 0.6 is 27.3 Å². The number of anilines is 1. The standard InChI is InChI=1S/C11H12BrN3O4S2/c1-3-6-7(5-15(2)13-6)14-21(18,19)9-4-8(11(16)17)20-10(9)12/h4-5,14H,3H2,1-2H3,(H,16,17). The van der Waals surface area contributed by atoms with Crippen LogP contribution in [0.1, 0.15) is 22.3 Å². The molecule has 10 heteroatoms. The Morgan fingerprint density at radius 2 is 2.24 bits per heavy atom. The van der Waals surface area contributed by atoms with Crippen molar-refractivity contribution >= 4 is 48.9 Å². The van der Waals surface area contributed by atoms with Crippen molar-refractivity contribution < 1.29 is 18.3 Å². The lowest BCUT2D eigenvalue weighted by atomic mass is 10.3. The van der Waals surface area contributed by atoms with Gasteiger partial charge in [0.15, 0.2) is 0 Å². The first-order chi connectivity index (χ1) is 9.74. The second-order valence-electron chi connectivity index (χ2n) is 4.18. The number of aryl methyl sites for hydroxylation is 2. The number of rotatable bonds is 5. The fourth-order valence-corrected chi connectivity index (χ4v) is 5.20. The number of hydrogen-bond donors (Lipinski definition) is 2. The number of sulfonamides is 1. The van der Waals surface area contributed by atoms with Crippen molar-refractivity contribution in [1.29, 1.82) is 0 Å². The van der Waals surface area contributed by atoms with Gasteiger partial charge in [-0.25, -0.2) is 13.2 Å². The number of aromatic carboxylic acids is 1. The van der Waals surface area contributed by atoms with Gasteiger partial charge >= 0.3 is 5.97 Å². The molecular weight excluding hydrogens is 382 g/mol. The zero-order valence-electron chi connectivity index (χ0n) is 11.1. The molecule has 0 spiro atoms. The summed E-state index contributed by atoms with van der Waals surface area (Å²) in [6.07, 6.45) is 2.14. The van der Waals surface area contributed by atoms with Gasteiger partial charge in [-0.3, -0.25) is 9.40 Å². The predicted octanol–water partition coefficient (Wildman–Crippen LogP) is 2.31. The number of halogens is 1. The minimum atomic E-state index is -3.88. The number of aromatic nitrogens is 2. The van der Waals surface area contributed by atoms with Crippen LogP contribution in [0.3, 0.4) is 0 Å². The van der Waals surface area contributed by atoms with Crippen molar-refractivity contribution in [1.82, 2.24) is 9.78 Å². The van der Waals surface area contributed by atoms with Gasteiger partial charge in [0.1, 0.15) is 9.77 Å². The molecule has 0 unspecified atom stereocenters. The highest BCUT2D eigenvalue weighted by atomic mass is 79.9. The fraction of sp³-hybridized carbons (Fsp3) is 0.273. The molecule has 21 heavy (non-hydrogen) atoms. The van der Waals surface area contributed by atoms with Crippen molar-refractivity contribution in [3.63, 3.8) is 0 Å². The SMILES string of the molecule is CCc1nn(C)cc1NS(=O)(=O)c1cc(C(=O)O)sc1Br. The van der Waals surface area contributed by atoms with Crippen LogP contribution in [0.2, 0.25) is 0 Å². The summed E-state index contributed by atoms with van der Waals surface area (Å²) in [4.78, 5) is 10.8. The van der Waals surface area contributed by atoms with E-state index in [0.717, 1.165) is 17.4 Å². The highest BCUT2D eigenvalue weighted by Crippen LogP contribution is 2.33. The molecule has 0 aliphatic carbocycles. The minimum Gasteiger partial charge on any atom is -0.477 e. The Morgan fingerprint density at radius 3 is 2.76 bits per heavy atom. The number of hydrogen-bond acceptors (Lipinski definition) is 5. The third-order valence-corrected chi connectivity index (χ3v) is 6.25. The maximum Gasteiger partial charge on any atom is 0.345 e. The Kier molecular flexibility index (Phi) is 4.40. The number of carbonyl (C=O) groups is 1. The molecule has 0 aliphatic heterocycles. The Bertz CT molecular complexity index is 794. The van der Waals surface area contributed by atoms with Crippen LogP contribution in [0.15, 0.2) is 20.9 Å². The van der Waals surface area contributed by atoms with E-state index in [0.29, 0.717) is 17.8 Å². The van der Waals surface area contributed by atoms with Gasteiger partial charge in [0, 0.05) is 13.2 Å². The monoisotopic (exact) mass is 393 g/mol. The summed E-state index contributed by atoms with van der Waals surface area (Å²) < 4.78 is 28.9. The molecule has 0 saturated heterocycles. The maximum absolute atomic E-state index is 12.4. The Hall–Kier alpha value is -1.39. The van der Waals surface area contributed by atoms with E-state index in [1.165, 1.54) is 4.68 Å². The van der Waals surface area contributed by atoms with E-state index in [-0.39, 0.29) is 13.6 Å². The molecule has 2 aromatic heterocycles. The fourth-order valence-electron chi connectivity index (χ4n) is 1.72. The lowest BCUT2D eigenvalue weighted by Gasteiger charge is -2.06. The summed E-state index contributed by atoms with van der Waals surface area (Å²) in [5, 5.41) is 13.1. The molecule has 2 heterocycles. The van der Waals surface area contributed by atoms with Gasteiger partial charge in [0.2, 0.25) is 0 Å². The second-order valence-corrected chi connectivity index (χ2v) is 8.20. The quantitative estimate of drug-likeness (QED) is 0.811. The van der Waals surface area contributed by atoms with E-state index in [2.05, 4.69) is 25.8 Å². The average molecular weight is 394 g/mol. The summed E-state index contributed by atoms with van der Waals surface area (Å²) in [6.45, 7) is 1.86. The average Bonchev–Trinajstić information content (AvgIpc) is 2.92. The van der Waals surface area contributed by atoms with Crippen molar-refractivity contribution in [3.8, 4) is 0 Å². The third-order valence-electron chi connectivity index (χ3n) is 2.64. The number of carboxylic acid groups (broad SMARTS) is 1. The lowest BCUT2D eigenvalue weighted by Crippen LogP contribution is -2.13. The van der Waals surface area contributed by atoms with Gasteiger partial charge in [-0.1, -0.05) is 6.92 Å². The summed E-state index contributed by atoms with van der Waals surface area (Å²) >= 11 is 3.94. The number of carboxylic acids is 1. The number of thiophene rings is 1. The molecule has 0 saturated carbocycles. The first-order valence-electron chi connectivity index (χ1n) is 5.82. The molecule has 0 fully saturated rings. The van der Waals surface area contributed by atoms with E-state index in [1.807, 2.05) is 6.92 Å². The summed E-state index contributed by atoms with van der Waals surface area (Å²) in [6, 6.07) is 1.13. The van der Waals surface area contributed by atoms with E-state index >= 15 is 0 Å². The molecular formula is C11H12BrN3O4S2. The highest BCUT2D eigenvalue weighted by molar-refractivity contribution is 9.11. The van der Waals surface area contributed by atoms with Gasteiger partial charge in [-0.05, 0) is 28.4 Å². The van der Waals surface area contributed by atoms with E-state index in [4.69, 9.17) is 5.11 Å². The van der Waals surface area contributed by atoms with E-state index < -0.39 is 16.0 Å². The van der Waals surface area contributed by atoms with E-state index in [1.54, 1.807) is 13.2 Å². The normalized spacial score (nSPS) is 11.6. The van der Waals surface area contributed by atoms with Crippen LogP contribution in [-0.4, -0.2) is 29.3 Å². The summed E-state index contributed by atoms with van der Waals surface area (Å²) in [7, 11) is -2.18. The molecule has 114 valence electrons. The Labute approximate surface area is 133 Å². The minimum absolute atomic E-state index is 0.0517. The van der Waals surface area contributed by atoms with Gasteiger partial charge < -0.3 is 5.11 Å². The highest BCUT2D eigenvalue weighted by Gasteiger charge is 2.24. The molecule has 0 atom stereocenters. The topological polar surface area (TPSA) is 101 Å². The molecule has 2 N–H and O–H groups in total. The zero-order chi connectivity index (χ0) is 15.8. The maximum atomic E-state index is 12.4. The first-order valence-corrected chi connectivity index (χ1v) is 8.91. The molecule has 0 aliphatic rings. The molecule has 7 nitrogen and oxygen atoms in total. The van der Waals surface area contributed by atoms with E-state index in [9.17, 15) is 13.2 Å². The van der Waals surface area contributed by atoms with Gasteiger partial charge in [-0.2, -0.15) is 5.10 Å². The van der Waals surface area contributed by atoms with Gasteiger partial charge in [0.25, 0.3) is 10.0 Å². The third kappa shape index (κ3) is 3.27. The van der Waals surface area contributed by atoms with Crippen LogP contribution in [0.25, 0.3) is 0 Å². The van der Waals surface area contributed by atoms with Crippen LogP contribution in [-0.2, 0) is 23.5 Å². The second kappa shape index (κ2) is 5.78. The first kappa shape index (κ1) is 16.0.